The summed E-state index contributed by atoms with van der Waals surface area (Å²) in [6.45, 7) is 45.4. The molecule has 2 aliphatic heterocycles. The molecule has 0 aliphatic carbocycles. The van der Waals surface area contributed by atoms with Gasteiger partial charge in [0.05, 0.1) is 43.5 Å². The van der Waals surface area contributed by atoms with Gasteiger partial charge >= 0.3 is 11.4 Å². The van der Waals surface area contributed by atoms with Crippen molar-refractivity contribution >= 4 is 44.0 Å². The molecule has 0 amide bonds. The molecule has 3 N–H and O–H groups in total. The molecule has 0 saturated carbocycles. The van der Waals surface area contributed by atoms with Crippen LogP contribution >= 0.6 is 44.0 Å². The molecule has 0 bridgehead atoms. The van der Waals surface area contributed by atoms with Gasteiger partial charge in [-0.05, 0) is 109 Å². The van der Waals surface area contributed by atoms with Crippen molar-refractivity contribution in [2.45, 2.75) is 232 Å². The highest BCUT2D eigenvalue weighted by molar-refractivity contribution is 7.59. The Kier molecular flexibility index (Phi) is 36.7. The van der Waals surface area contributed by atoms with Gasteiger partial charge in [-0.15, -0.1) is 0 Å². The van der Waals surface area contributed by atoms with E-state index in [4.69, 9.17) is 34.9 Å². The topological polar surface area (TPSA) is 214 Å². The van der Waals surface area contributed by atoms with E-state index in [1.54, 1.807) is 13.8 Å². The van der Waals surface area contributed by atoms with Gasteiger partial charge in [0.25, 0.3) is 19.6 Å². The highest BCUT2D eigenvalue weighted by atomic mass is 32.1. The predicted octanol–water partition coefficient (Wildman–Crippen LogP) is 9.48. The first kappa shape index (κ1) is 74.8. The second-order valence-corrected chi connectivity index (χ2v) is 23.0. The number of ether oxygens (including phenoxy) is 2. The van der Waals surface area contributed by atoms with E-state index >= 15 is 0 Å². The molecular weight excluding hydrogens is 1010 g/mol. The minimum atomic E-state index is -1.42. The smallest absolute Gasteiger partial charge is 0.330 e. The van der Waals surface area contributed by atoms with Crippen molar-refractivity contribution in [2.75, 3.05) is 19.8 Å². The monoisotopic (exact) mass is 1110 g/mol. The molecule has 4 rings (SSSR count). The number of nitrogens with one attached hydrogen (secondary N) is 2. The summed E-state index contributed by atoms with van der Waals surface area (Å²) < 4.78 is 40.4. The summed E-state index contributed by atoms with van der Waals surface area (Å²) in [6.07, 6.45) is 1.83. The number of hydrogen-bond acceptors (Lipinski definition) is 14. The number of aliphatic hydroxyl groups excluding tert-OH is 1. The zero-order valence-corrected chi connectivity index (χ0v) is 49.4. The number of aromatic nitrogens is 4. The summed E-state index contributed by atoms with van der Waals surface area (Å²) in [5.41, 5.74) is -0.897. The van der Waals surface area contributed by atoms with Crippen molar-refractivity contribution in [1.29, 1.82) is 5.26 Å². The zero-order valence-electron chi connectivity index (χ0n) is 45.6. The number of hydrogen-bond donors (Lipinski definition) is 3. The predicted molar refractivity (Wildman–Crippen MR) is 308 cm³/mol. The van der Waals surface area contributed by atoms with Gasteiger partial charge in [-0.25, -0.2) is 30.2 Å². The average Bonchev–Trinajstić information content (AvgIpc) is 3.84. The zero-order chi connectivity index (χ0) is 52.6. The van der Waals surface area contributed by atoms with E-state index in [1.165, 1.54) is 21.5 Å². The van der Waals surface area contributed by atoms with Crippen LogP contribution in [0.5, 0.6) is 0 Å². The maximum Gasteiger partial charge on any atom is 0.330 e. The van der Waals surface area contributed by atoms with Crippen LogP contribution in [-0.4, -0.2) is 119 Å². The molecule has 2 aliphatic rings. The summed E-state index contributed by atoms with van der Waals surface area (Å²) in [7, 11) is -2.26. The quantitative estimate of drug-likeness (QED) is 0.0604. The van der Waals surface area contributed by atoms with Crippen LogP contribution in [0.1, 0.15) is 168 Å². The number of rotatable bonds is 21. The highest BCUT2D eigenvalue weighted by Gasteiger charge is 2.43. The van der Waals surface area contributed by atoms with Crippen molar-refractivity contribution in [1.82, 2.24) is 33.1 Å². The molecule has 73 heavy (non-hydrogen) atoms. The van der Waals surface area contributed by atoms with Crippen LogP contribution in [0.2, 0.25) is 0 Å². The summed E-state index contributed by atoms with van der Waals surface area (Å²) in [4.78, 5) is 55.1. The number of H-pyrrole nitrogens is 2. The summed E-state index contributed by atoms with van der Waals surface area (Å²) in [6, 6.07) is 4.23. The van der Waals surface area contributed by atoms with Gasteiger partial charge in [-0.1, -0.05) is 42.5 Å². The maximum absolute atomic E-state index is 12.4. The molecule has 0 aromatic carbocycles. The van der Waals surface area contributed by atoms with Crippen LogP contribution in [0.4, 0.5) is 0 Å². The molecule has 19 nitrogen and oxygen atoms in total. The Morgan fingerprint density at radius 3 is 1.45 bits per heavy atom. The normalized spacial score (nSPS) is 20.0. The van der Waals surface area contributed by atoms with Gasteiger partial charge in [-0.3, -0.25) is 28.7 Å². The summed E-state index contributed by atoms with van der Waals surface area (Å²) in [5, 5.41) is 18.6. The van der Waals surface area contributed by atoms with Crippen LogP contribution in [0, 0.1) is 43.6 Å². The third-order valence-corrected chi connectivity index (χ3v) is 16.5. The van der Waals surface area contributed by atoms with Crippen molar-refractivity contribution in [3.8, 4) is 6.07 Å². The van der Waals surface area contributed by atoms with Crippen molar-refractivity contribution in [3.63, 3.8) is 0 Å². The van der Waals surface area contributed by atoms with E-state index in [1.807, 2.05) is 13.8 Å². The summed E-state index contributed by atoms with van der Waals surface area (Å²) in [5.74, 6) is 0.325. The minimum Gasteiger partial charge on any atom is -0.390 e. The van der Waals surface area contributed by atoms with E-state index in [0.717, 1.165) is 0 Å². The highest BCUT2D eigenvalue weighted by Crippen LogP contribution is 2.52. The Morgan fingerprint density at radius 2 is 1.10 bits per heavy atom. The first-order valence-corrected chi connectivity index (χ1v) is 26.7. The Hall–Kier alpha value is -2.46. The standard InChI is InChI=1S/C21H35N4O5P.C15H32N3OP.C12H18N2O4.2CH4.2H2S/c1-13(2)19-17(11-18(29-19)24-12-16(7)20(26)23-21(24)27)30-31(28-10-9-22-8)25(14(3)4)15(5)6;1-12(2)17(13(3)4)20(19-11-9-10-16)18(14(5)6)15(7)8;1-6(2)10-8(15)4-9(18-10)14-5-7(3)11(16)13-12(14)17;;;;/h12-15,17-19H,9-11H2,1-7H3,(H,23,26,27);12-15H,9,11H2,1-8H3;5-6,8-10,15H,4H2,1-3H3,(H,13,16,17);2*1H4;2*1H2/t17?,18-,19-,31?;;8?,9-,10-;;;;/m1.1..../s1. The second-order valence-electron chi connectivity index (χ2n) is 19.9. The molecule has 2 aromatic heterocycles. The van der Waals surface area contributed by atoms with Gasteiger partial charge in [-0.2, -0.15) is 32.3 Å². The SMILES string of the molecule is C.C.CC(C)N(C(C)C)P(OCCC#N)N(C(C)C)C(C)C.Cc1cn([C@H]2CC(O)[C@@H](C(C)C)O2)c(=O)[nH]c1=O.S.S.[C-]#[N+]CCOP(OC1C[C@H](n2cc(C)c(=O)[nH]c2=O)O[C@@H]1C(C)C)N(C(C)C)C(C)C. The fourth-order valence-electron chi connectivity index (χ4n) is 8.39. The van der Waals surface area contributed by atoms with Crippen LogP contribution in [0.15, 0.2) is 31.6 Å². The fourth-order valence-corrected chi connectivity index (χ4v) is 12.5. The molecular formula is C50H97N9O10P2S2. The third-order valence-electron chi connectivity index (χ3n) is 11.3. The first-order valence-electron chi connectivity index (χ1n) is 24.4. The molecule has 7 atom stereocenters. The van der Waals surface area contributed by atoms with Crippen LogP contribution in [-0.2, 0) is 23.0 Å². The molecule has 0 spiro atoms. The van der Waals surface area contributed by atoms with Gasteiger partial charge in [0, 0.05) is 72.6 Å². The Balaban J connectivity index is -0.00000103. The van der Waals surface area contributed by atoms with Gasteiger partial charge in [0.2, 0.25) is 6.54 Å². The summed E-state index contributed by atoms with van der Waals surface area (Å²) >= 11 is 0. The Morgan fingerprint density at radius 1 is 0.699 bits per heavy atom. The maximum atomic E-state index is 12.4. The van der Waals surface area contributed by atoms with E-state index in [2.05, 4.69) is 132 Å². The van der Waals surface area contributed by atoms with Gasteiger partial charge < -0.3 is 33.0 Å². The molecule has 2 aromatic rings. The minimum absolute atomic E-state index is 0. The molecule has 0 radical (unpaired) electrons. The Labute approximate surface area is 454 Å². The fraction of sp³-hybridized carbons (Fsp3) is 0.800. The number of aromatic amines is 2. The third kappa shape index (κ3) is 22.2. The van der Waals surface area contributed by atoms with Crippen LogP contribution in [0.25, 0.3) is 4.85 Å². The Bertz CT molecular complexity index is 2150. The number of aliphatic hydroxyl groups is 1. The number of nitrogens with zero attached hydrogens (tertiary/aromatic N) is 7. The number of nitriles is 1. The number of aryl methyl sites for hydroxylation is 2. The van der Waals surface area contributed by atoms with E-state index < -0.39 is 58.0 Å². The van der Waals surface area contributed by atoms with E-state index in [0.29, 0.717) is 67.8 Å². The van der Waals surface area contributed by atoms with E-state index in [9.17, 15) is 24.3 Å². The van der Waals surface area contributed by atoms with Crippen molar-refractivity contribution < 1.29 is 28.2 Å². The molecule has 2 fully saturated rings. The lowest BCUT2D eigenvalue weighted by Gasteiger charge is -2.45. The average molecular weight is 1110 g/mol. The molecule has 2 saturated heterocycles. The first-order chi connectivity index (χ1) is 32.2. The lowest BCUT2D eigenvalue weighted by atomic mass is 10.0. The second kappa shape index (κ2) is 35.8. The lowest BCUT2D eigenvalue weighted by molar-refractivity contribution is -0.0431. The molecule has 23 heteroatoms. The lowest BCUT2D eigenvalue weighted by Crippen LogP contribution is -2.43. The van der Waals surface area contributed by atoms with Crippen molar-refractivity contribution in [3.05, 3.63) is 76.6 Å². The largest absolute Gasteiger partial charge is 0.390 e. The van der Waals surface area contributed by atoms with Crippen molar-refractivity contribution in [2.24, 2.45) is 11.8 Å². The molecule has 3 unspecified atom stereocenters. The molecule has 4 heterocycles. The van der Waals surface area contributed by atoms with Gasteiger partial charge in [0.1, 0.15) is 19.1 Å². The van der Waals surface area contributed by atoms with E-state index in [-0.39, 0.29) is 90.6 Å². The van der Waals surface area contributed by atoms with Crippen LogP contribution in [0.3, 0.4) is 0 Å². The van der Waals surface area contributed by atoms with Crippen LogP contribution < -0.4 is 22.5 Å². The molecule has 424 valence electrons. The van der Waals surface area contributed by atoms with Gasteiger partial charge in [0.15, 0.2) is 8.45 Å².